The van der Waals surface area contributed by atoms with E-state index in [1.807, 2.05) is 24.3 Å². The normalized spacial score (nSPS) is 12.3. The predicted octanol–water partition coefficient (Wildman–Crippen LogP) is 5.87. The molecule has 1 heterocycles. The number of rotatable bonds is 6. The van der Waals surface area contributed by atoms with E-state index in [0.29, 0.717) is 11.7 Å². The first kappa shape index (κ1) is 23.6. The molecule has 5 nitrogen and oxygen atoms in total. The average Bonchev–Trinajstić information content (AvgIpc) is 3.02. The smallest absolute Gasteiger partial charge is 0.227 e. The Balaban J connectivity index is 2.05. The van der Waals surface area contributed by atoms with Crippen LogP contribution in [0.15, 0.2) is 63.8 Å². The number of aryl methyl sites for hydroxylation is 2. The first-order valence-electron chi connectivity index (χ1n) is 11.4. The average molecular weight is 459 g/mol. The molecule has 2 aromatic rings. The Kier molecular flexibility index (Phi) is 6.49. The predicted molar refractivity (Wildman–Crippen MR) is 133 cm³/mol. The van der Waals surface area contributed by atoms with Gasteiger partial charge >= 0.3 is 0 Å². The van der Waals surface area contributed by atoms with Crippen molar-refractivity contribution in [3.63, 3.8) is 0 Å². The number of aliphatic hydroxyl groups is 1. The van der Waals surface area contributed by atoms with Crippen molar-refractivity contribution in [3.05, 3.63) is 104 Å². The molecule has 4 rings (SSSR count). The zero-order valence-electron chi connectivity index (χ0n) is 20.2. The van der Waals surface area contributed by atoms with Crippen LogP contribution in [-0.4, -0.2) is 17.3 Å². The highest BCUT2D eigenvalue weighted by Crippen LogP contribution is 2.45. The third-order valence-corrected chi connectivity index (χ3v) is 6.43. The first-order chi connectivity index (χ1) is 16.2. The molecule has 2 aliphatic rings. The summed E-state index contributed by atoms with van der Waals surface area (Å²) >= 11 is 0. The number of aromatic hydroxyl groups is 1. The number of hydrogen-bond donors (Lipinski definition) is 2. The largest absolute Gasteiger partial charge is 0.502 e. The van der Waals surface area contributed by atoms with Crippen LogP contribution in [0.2, 0.25) is 0 Å². The van der Waals surface area contributed by atoms with E-state index < -0.39 is 23.7 Å². The van der Waals surface area contributed by atoms with E-state index in [0.717, 1.165) is 39.4 Å². The molecule has 176 valence electrons. The Labute approximate surface area is 199 Å². The van der Waals surface area contributed by atoms with Crippen LogP contribution in [0.25, 0.3) is 11.1 Å². The maximum atomic E-state index is 12.6. The molecule has 1 unspecified atom stereocenters. The van der Waals surface area contributed by atoms with Gasteiger partial charge in [-0.25, -0.2) is 0 Å². The number of methoxy groups -OCH3 is 1. The summed E-state index contributed by atoms with van der Waals surface area (Å²) in [5, 5.41) is 20.5. The van der Waals surface area contributed by atoms with Crippen LogP contribution >= 0.6 is 0 Å². The summed E-state index contributed by atoms with van der Waals surface area (Å²) in [4.78, 5) is 12.6. The van der Waals surface area contributed by atoms with Crippen molar-refractivity contribution in [1.82, 2.24) is 0 Å². The second kappa shape index (κ2) is 9.35. The van der Waals surface area contributed by atoms with Crippen LogP contribution in [0.3, 0.4) is 0 Å². The molecule has 0 bridgehead atoms. The molecular formula is C29H30O5. The number of ether oxygens (including phenoxy) is 1. The highest BCUT2D eigenvalue weighted by molar-refractivity contribution is 5.80. The monoisotopic (exact) mass is 458 g/mol. The number of aliphatic hydroxyl groups excluding tert-OH is 1. The molecule has 2 N–H and O–H groups in total. The lowest BCUT2D eigenvalue weighted by molar-refractivity contribution is 0.235. The maximum Gasteiger partial charge on any atom is 0.227 e. The molecule has 0 radical (unpaired) electrons. The van der Waals surface area contributed by atoms with Crippen molar-refractivity contribution in [2.24, 2.45) is 0 Å². The van der Waals surface area contributed by atoms with E-state index in [9.17, 15) is 15.0 Å². The Morgan fingerprint density at radius 1 is 0.941 bits per heavy atom. The van der Waals surface area contributed by atoms with Gasteiger partial charge in [0.15, 0.2) is 5.76 Å². The van der Waals surface area contributed by atoms with Gasteiger partial charge in [-0.2, -0.15) is 0 Å². The molecule has 2 aliphatic carbocycles. The van der Waals surface area contributed by atoms with Gasteiger partial charge in [0.25, 0.3) is 0 Å². The van der Waals surface area contributed by atoms with Gasteiger partial charge < -0.3 is 19.4 Å². The lowest BCUT2D eigenvalue weighted by Crippen LogP contribution is -2.11. The van der Waals surface area contributed by atoms with Gasteiger partial charge in [0.1, 0.15) is 18.1 Å². The second-order valence-electron chi connectivity index (χ2n) is 9.04. The number of benzene rings is 1. The van der Waals surface area contributed by atoms with Gasteiger partial charge in [-0.3, -0.25) is 4.79 Å². The van der Waals surface area contributed by atoms with E-state index in [1.165, 1.54) is 5.56 Å². The van der Waals surface area contributed by atoms with E-state index in [-0.39, 0.29) is 11.5 Å². The summed E-state index contributed by atoms with van der Waals surface area (Å²) in [5.74, 6) is 0.269. The van der Waals surface area contributed by atoms with E-state index in [4.69, 9.17) is 9.15 Å². The molecular weight excluding hydrogens is 428 g/mol. The van der Waals surface area contributed by atoms with Crippen molar-refractivity contribution < 1.29 is 19.4 Å². The van der Waals surface area contributed by atoms with Crippen molar-refractivity contribution >= 4 is 0 Å². The Bertz CT molecular complexity index is 1350. The standard InChI is InChI=1S/C29H30O5/c1-16(2)20-7-6-17(3)26-23(13-20)18(4)12-24(26)27(19-8-10-21(33-5)11-9-19)29-28(32)25(31)14-22(15-30)34-29/h6-14,16,27,30,32H,15H2,1-5H3. The fraction of sp³-hybridized carbons (Fsp3) is 0.276. The van der Waals surface area contributed by atoms with Gasteiger partial charge in [-0.05, 0) is 70.8 Å². The summed E-state index contributed by atoms with van der Waals surface area (Å²) in [7, 11) is 1.60. The summed E-state index contributed by atoms with van der Waals surface area (Å²) < 4.78 is 11.2. The van der Waals surface area contributed by atoms with Crippen LogP contribution in [-0.2, 0) is 6.61 Å². The molecule has 0 saturated carbocycles. The fourth-order valence-electron chi connectivity index (χ4n) is 4.57. The summed E-state index contributed by atoms with van der Waals surface area (Å²) in [6.45, 7) is 8.04. The molecule has 5 heteroatoms. The number of hydrogen-bond acceptors (Lipinski definition) is 5. The Morgan fingerprint density at radius 3 is 2.24 bits per heavy atom. The quantitative estimate of drug-likeness (QED) is 0.378. The minimum Gasteiger partial charge on any atom is -0.502 e. The van der Waals surface area contributed by atoms with Crippen molar-refractivity contribution in [1.29, 1.82) is 0 Å². The zero-order chi connectivity index (χ0) is 24.6. The summed E-state index contributed by atoms with van der Waals surface area (Å²) in [6, 6.07) is 17.2. The summed E-state index contributed by atoms with van der Waals surface area (Å²) in [5.41, 5.74) is 6.78. The zero-order valence-corrected chi connectivity index (χ0v) is 20.2. The fourth-order valence-corrected chi connectivity index (χ4v) is 4.57. The van der Waals surface area contributed by atoms with Gasteiger partial charge in [0.2, 0.25) is 11.2 Å². The van der Waals surface area contributed by atoms with E-state index >= 15 is 0 Å². The lowest BCUT2D eigenvalue weighted by atomic mass is 9.86. The topological polar surface area (TPSA) is 79.9 Å². The number of fused-ring (bicyclic) bond motifs is 1. The third-order valence-electron chi connectivity index (χ3n) is 6.43. The van der Waals surface area contributed by atoms with Gasteiger partial charge in [-0.1, -0.05) is 50.2 Å². The molecule has 1 atom stereocenters. The second-order valence-corrected chi connectivity index (χ2v) is 9.04. The molecule has 1 aromatic carbocycles. The molecule has 0 saturated heterocycles. The molecule has 0 amide bonds. The van der Waals surface area contributed by atoms with E-state index in [2.05, 4.69) is 52.0 Å². The minimum absolute atomic E-state index is 0.105. The Hall–Kier alpha value is -3.57. The highest BCUT2D eigenvalue weighted by Gasteiger charge is 2.30. The highest BCUT2D eigenvalue weighted by atomic mass is 16.5. The minimum atomic E-state index is -0.583. The van der Waals surface area contributed by atoms with Crippen molar-refractivity contribution in [2.75, 3.05) is 7.11 Å². The Morgan fingerprint density at radius 2 is 1.62 bits per heavy atom. The van der Waals surface area contributed by atoms with Crippen LogP contribution < -0.4 is 10.2 Å². The lowest BCUT2D eigenvalue weighted by Gasteiger charge is -2.20. The third kappa shape index (κ3) is 4.19. The molecule has 0 fully saturated rings. The van der Waals surface area contributed by atoms with Crippen LogP contribution in [0.1, 0.15) is 65.0 Å². The van der Waals surface area contributed by atoms with Gasteiger partial charge in [0.05, 0.1) is 13.0 Å². The van der Waals surface area contributed by atoms with Crippen molar-refractivity contribution in [2.45, 2.75) is 46.1 Å². The first-order valence-corrected chi connectivity index (χ1v) is 11.4. The molecule has 0 aliphatic heterocycles. The molecule has 0 spiro atoms. The van der Waals surface area contributed by atoms with E-state index in [1.54, 1.807) is 7.11 Å². The van der Waals surface area contributed by atoms with Gasteiger partial charge in [-0.15, -0.1) is 0 Å². The molecule has 1 aromatic heterocycles. The van der Waals surface area contributed by atoms with Crippen LogP contribution in [0.5, 0.6) is 11.5 Å². The van der Waals surface area contributed by atoms with Gasteiger partial charge in [0, 0.05) is 6.07 Å². The molecule has 34 heavy (non-hydrogen) atoms. The maximum absolute atomic E-state index is 12.6. The van der Waals surface area contributed by atoms with Crippen molar-refractivity contribution in [3.8, 4) is 22.6 Å². The SMILES string of the molecule is COc1ccc(C(c2cc(C)c3cc(C(C)C)ccc(C)c2-3)c2oc(CO)cc(=O)c2O)cc1. The summed E-state index contributed by atoms with van der Waals surface area (Å²) in [6.07, 6.45) is 0. The van der Waals surface area contributed by atoms with Crippen LogP contribution in [0.4, 0.5) is 0 Å². The van der Waals surface area contributed by atoms with Crippen LogP contribution in [0, 0.1) is 13.8 Å².